The molecule has 0 N–H and O–H groups in total. The molecule has 0 aromatic heterocycles. The van der Waals surface area contributed by atoms with E-state index in [0.29, 0.717) is 5.56 Å². The van der Waals surface area contributed by atoms with Gasteiger partial charge in [-0.2, -0.15) is 0 Å². The minimum absolute atomic E-state index is 0.219. The Balaban J connectivity index is 2.12. The van der Waals surface area contributed by atoms with Crippen LogP contribution in [-0.2, 0) is 15.7 Å². The predicted octanol–water partition coefficient (Wildman–Crippen LogP) is 2.79. The van der Waals surface area contributed by atoms with Gasteiger partial charge in [-0.1, -0.05) is 24.3 Å². The number of hydrogen-bond donors (Lipinski definition) is 0. The Labute approximate surface area is 113 Å². The molecule has 1 aliphatic heterocycles. The molecular formula is C14H19BF2O2. The predicted molar refractivity (Wildman–Crippen MR) is 71.9 cm³/mol. The highest BCUT2D eigenvalue weighted by molar-refractivity contribution is 6.62. The summed E-state index contributed by atoms with van der Waals surface area (Å²) in [7, 11) is -0.439. The zero-order valence-electron chi connectivity index (χ0n) is 11.7. The van der Waals surface area contributed by atoms with E-state index in [1.807, 2.05) is 27.7 Å². The summed E-state index contributed by atoms with van der Waals surface area (Å²) in [5.74, 6) is 0. The van der Waals surface area contributed by atoms with Crippen molar-refractivity contribution in [3.8, 4) is 0 Å². The number of halogens is 2. The van der Waals surface area contributed by atoms with E-state index in [1.54, 1.807) is 24.3 Å². The summed E-state index contributed by atoms with van der Waals surface area (Å²) in [6.07, 6.45) is -2.54. The van der Waals surface area contributed by atoms with Crippen molar-refractivity contribution in [3.63, 3.8) is 0 Å². The molecule has 0 radical (unpaired) electrons. The molecule has 1 heterocycles. The molecule has 0 bridgehead atoms. The molecule has 0 amide bonds. The van der Waals surface area contributed by atoms with Crippen molar-refractivity contribution in [1.29, 1.82) is 0 Å². The maximum atomic E-state index is 12.3. The number of rotatable bonds is 3. The first kappa shape index (κ1) is 14.5. The van der Waals surface area contributed by atoms with Gasteiger partial charge in [0.05, 0.1) is 11.2 Å². The lowest BCUT2D eigenvalue weighted by molar-refractivity contribution is 0.00578. The van der Waals surface area contributed by atoms with Crippen LogP contribution in [0.25, 0.3) is 0 Å². The van der Waals surface area contributed by atoms with E-state index in [1.165, 1.54) is 0 Å². The van der Waals surface area contributed by atoms with Gasteiger partial charge in [-0.25, -0.2) is 8.78 Å². The molecule has 0 saturated carbocycles. The summed E-state index contributed by atoms with van der Waals surface area (Å²) in [5, 5.41) is 0. The fourth-order valence-corrected chi connectivity index (χ4v) is 1.97. The molecule has 104 valence electrons. The highest BCUT2D eigenvalue weighted by atomic mass is 19.3. The Morgan fingerprint density at radius 3 is 1.89 bits per heavy atom. The lowest BCUT2D eigenvalue weighted by atomic mass is 9.79. The monoisotopic (exact) mass is 268 g/mol. The Kier molecular flexibility index (Phi) is 3.71. The molecule has 0 atom stereocenters. The molecule has 1 aromatic carbocycles. The molecule has 1 saturated heterocycles. The molecule has 1 fully saturated rings. The quantitative estimate of drug-likeness (QED) is 0.785. The maximum absolute atomic E-state index is 12.3. The molecule has 2 rings (SSSR count). The van der Waals surface area contributed by atoms with Crippen molar-refractivity contribution in [3.05, 3.63) is 29.8 Å². The first-order valence-electron chi connectivity index (χ1n) is 6.44. The van der Waals surface area contributed by atoms with Crippen LogP contribution >= 0.6 is 0 Å². The van der Waals surface area contributed by atoms with Crippen LogP contribution in [0.4, 0.5) is 8.78 Å². The minimum Gasteiger partial charge on any atom is -0.399 e. The molecule has 0 unspecified atom stereocenters. The molecule has 0 aliphatic carbocycles. The molecule has 1 aliphatic rings. The van der Waals surface area contributed by atoms with Crippen LogP contribution in [0.1, 0.15) is 33.3 Å². The van der Waals surface area contributed by atoms with Gasteiger partial charge in [-0.3, -0.25) is 0 Å². The van der Waals surface area contributed by atoms with Crippen molar-refractivity contribution in [1.82, 2.24) is 0 Å². The third-order valence-corrected chi connectivity index (χ3v) is 3.90. The van der Waals surface area contributed by atoms with Crippen molar-refractivity contribution >= 4 is 12.6 Å². The molecule has 2 nitrogen and oxygen atoms in total. The van der Waals surface area contributed by atoms with Crippen molar-refractivity contribution < 1.29 is 18.1 Å². The van der Waals surface area contributed by atoms with E-state index in [9.17, 15) is 8.78 Å². The standard InChI is InChI=1S/C14H19BF2O2/c1-13(2)14(3,4)19-15(18-13)11-7-5-10(6-8-11)9-12(16)17/h5-8,12H,9H2,1-4H3. The number of hydrogen-bond acceptors (Lipinski definition) is 2. The summed E-state index contributed by atoms with van der Waals surface area (Å²) in [5.41, 5.74) is 0.699. The summed E-state index contributed by atoms with van der Waals surface area (Å²) in [4.78, 5) is 0. The van der Waals surface area contributed by atoms with E-state index >= 15 is 0 Å². The summed E-state index contributed by atoms with van der Waals surface area (Å²) in [6.45, 7) is 7.94. The SMILES string of the molecule is CC1(C)OB(c2ccc(CC(F)F)cc2)OC1(C)C. The topological polar surface area (TPSA) is 18.5 Å². The van der Waals surface area contributed by atoms with Crippen LogP contribution in [0.2, 0.25) is 0 Å². The lowest BCUT2D eigenvalue weighted by Crippen LogP contribution is -2.41. The van der Waals surface area contributed by atoms with Gasteiger partial charge in [0.15, 0.2) is 0 Å². The minimum atomic E-state index is -2.32. The van der Waals surface area contributed by atoms with Gasteiger partial charge in [0.1, 0.15) is 0 Å². The largest absolute Gasteiger partial charge is 0.494 e. The van der Waals surface area contributed by atoms with Gasteiger partial charge in [0.25, 0.3) is 0 Å². The summed E-state index contributed by atoms with van der Waals surface area (Å²) < 4.78 is 36.4. The van der Waals surface area contributed by atoms with E-state index in [4.69, 9.17) is 9.31 Å². The first-order chi connectivity index (χ1) is 8.71. The van der Waals surface area contributed by atoms with E-state index in [2.05, 4.69) is 0 Å². The molecule has 0 spiro atoms. The van der Waals surface area contributed by atoms with Crippen LogP contribution in [0.15, 0.2) is 24.3 Å². The van der Waals surface area contributed by atoms with E-state index < -0.39 is 13.5 Å². The zero-order chi connectivity index (χ0) is 14.3. The van der Waals surface area contributed by atoms with Crippen LogP contribution < -0.4 is 5.46 Å². The molecule has 19 heavy (non-hydrogen) atoms. The van der Waals surface area contributed by atoms with Gasteiger partial charge in [0, 0.05) is 6.42 Å². The van der Waals surface area contributed by atoms with Gasteiger partial charge in [-0.05, 0) is 38.7 Å². The fraction of sp³-hybridized carbons (Fsp3) is 0.571. The molecular weight excluding hydrogens is 249 g/mol. The average Bonchev–Trinajstić information content (AvgIpc) is 2.48. The van der Waals surface area contributed by atoms with Gasteiger partial charge in [-0.15, -0.1) is 0 Å². The second kappa shape index (κ2) is 4.87. The summed E-state index contributed by atoms with van der Waals surface area (Å²) in [6, 6.07) is 6.98. The first-order valence-corrected chi connectivity index (χ1v) is 6.44. The van der Waals surface area contributed by atoms with Gasteiger partial charge < -0.3 is 9.31 Å². The third kappa shape index (κ3) is 2.98. The highest BCUT2D eigenvalue weighted by Crippen LogP contribution is 2.36. The second-order valence-corrected chi connectivity index (χ2v) is 5.93. The Bertz CT molecular complexity index is 427. The van der Waals surface area contributed by atoms with Crippen LogP contribution in [-0.4, -0.2) is 24.7 Å². The second-order valence-electron chi connectivity index (χ2n) is 5.93. The average molecular weight is 268 g/mol. The van der Waals surface area contributed by atoms with Crippen LogP contribution in [0, 0.1) is 0 Å². The van der Waals surface area contributed by atoms with Crippen LogP contribution in [0.5, 0.6) is 0 Å². The normalized spacial score (nSPS) is 21.1. The highest BCUT2D eigenvalue weighted by Gasteiger charge is 2.51. The van der Waals surface area contributed by atoms with Gasteiger partial charge in [0.2, 0.25) is 6.43 Å². The fourth-order valence-electron chi connectivity index (χ4n) is 1.97. The van der Waals surface area contributed by atoms with Gasteiger partial charge >= 0.3 is 7.12 Å². The third-order valence-electron chi connectivity index (χ3n) is 3.90. The Morgan fingerprint density at radius 1 is 1.00 bits per heavy atom. The molecule has 1 aromatic rings. The van der Waals surface area contributed by atoms with Crippen molar-refractivity contribution in [2.75, 3.05) is 0 Å². The van der Waals surface area contributed by atoms with Crippen molar-refractivity contribution in [2.45, 2.75) is 51.7 Å². The number of benzene rings is 1. The number of alkyl halides is 2. The molecule has 5 heteroatoms. The summed E-state index contributed by atoms with van der Waals surface area (Å²) >= 11 is 0. The maximum Gasteiger partial charge on any atom is 0.494 e. The zero-order valence-corrected chi connectivity index (χ0v) is 11.7. The van der Waals surface area contributed by atoms with Crippen LogP contribution in [0.3, 0.4) is 0 Å². The Morgan fingerprint density at radius 2 is 1.47 bits per heavy atom. The lowest BCUT2D eigenvalue weighted by Gasteiger charge is -2.32. The van der Waals surface area contributed by atoms with E-state index in [-0.39, 0.29) is 17.6 Å². The van der Waals surface area contributed by atoms with E-state index in [0.717, 1.165) is 5.46 Å². The Hall–Kier alpha value is -0.935. The smallest absolute Gasteiger partial charge is 0.399 e. The van der Waals surface area contributed by atoms with Crippen molar-refractivity contribution in [2.24, 2.45) is 0 Å².